The number of nitriles is 1. The summed E-state index contributed by atoms with van der Waals surface area (Å²) >= 11 is 0. The van der Waals surface area contributed by atoms with Crippen LogP contribution in [0.5, 0.6) is 0 Å². The molecule has 1 rings (SSSR count). The summed E-state index contributed by atoms with van der Waals surface area (Å²) in [4.78, 5) is 0. The third-order valence-corrected chi connectivity index (χ3v) is 4.19. The Balaban J connectivity index is 2.78. The molecule has 1 aromatic carbocycles. The highest BCUT2D eigenvalue weighted by atomic mass is 32.2. The van der Waals surface area contributed by atoms with Crippen LogP contribution in [0.15, 0.2) is 24.3 Å². The van der Waals surface area contributed by atoms with Crippen LogP contribution in [0.25, 0.3) is 0 Å². The van der Waals surface area contributed by atoms with Crippen molar-refractivity contribution in [1.82, 2.24) is 4.72 Å². The van der Waals surface area contributed by atoms with Crippen molar-refractivity contribution in [3.8, 4) is 6.07 Å². The van der Waals surface area contributed by atoms with Gasteiger partial charge >= 0.3 is 0 Å². The smallest absolute Gasteiger partial charge is 0.211 e. The molecule has 0 aliphatic heterocycles. The molecular formula is C12H16N2O2S. The highest BCUT2D eigenvalue weighted by Gasteiger charge is 2.19. The van der Waals surface area contributed by atoms with Gasteiger partial charge in [0.05, 0.1) is 6.07 Å². The summed E-state index contributed by atoms with van der Waals surface area (Å²) in [7, 11) is -3.54. The Morgan fingerprint density at radius 2 is 1.94 bits per heavy atom. The van der Waals surface area contributed by atoms with E-state index in [4.69, 9.17) is 5.26 Å². The van der Waals surface area contributed by atoms with Gasteiger partial charge in [-0.15, -0.1) is 0 Å². The fourth-order valence-corrected chi connectivity index (χ4v) is 2.19. The van der Waals surface area contributed by atoms with Gasteiger partial charge in [0, 0.05) is 6.54 Å². The van der Waals surface area contributed by atoms with Crippen molar-refractivity contribution in [3.63, 3.8) is 0 Å². The number of hydrogen-bond donors (Lipinski definition) is 1. The predicted octanol–water partition coefficient (Wildman–Crippen LogP) is 1.58. The van der Waals surface area contributed by atoms with Gasteiger partial charge in [-0.2, -0.15) is 5.26 Å². The van der Waals surface area contributed by atoms with E-state index in [9.17, 15) is 8.42 Å². The van der Waals surface area contributed by atoms with Crippen molar-refractivity contribution in [1.29, 1.82) is 5.26 Å². The maximum atomic E-state index is 11.6. The lowest BCUT2D eigenvalue weighted by Crippen LogP contribution is -2.31. The zero-order valence-corrected chi connectivity index (χ0v) is 10.8. The number of aryl methyl sites for hydroxylation is 1. The van der Waals surface area contributed by atoms with Gasteiger partial charge in [-0.1, -0.05) is 31.2 Å². The van der Waals surface area contributed by atoms with Gasteiger partial charge in [0.15, 0.2) is 5.25 Å². The van der Waals surface area contributed by atoms with E-state index in [0.29, 0.717) is 0 Å². The molecule has 0 radical (unpaired) electrons. The summed E-state index contributed by atoms with van der Waals surface area (Å²) in [5.74, 6) is 0. The van der Waals surface area contributed by atoms with E-state index in [1.54, 1.807) is 6.07 Å². The van der Waals surface area contributed by atoms with Crippen LogP contribution in [0.4, 0.5) is 0 Å². The predicted molar refractivity (Wildman–Crippen MR) is 66.7 cm³/mol. The Labute approximate surface area is 102 Å². The third-order valence-electron chi connectivity index (χ3n) is 2.61. The maximum Gasteiger partial charge on any atom is 0.227 e. The number of nitrogens with one attached hydrogen (secondary N) is 1. The molecule has 0 bridgehead atoms. The molecule has 1 atom stereocenters. The van der Waals surface area contributed by atoms with E-state index >= 15 is 0 Å². The molecule has 0 spiro atoms. The number of benzene rings is 1. The van der Waals surface area contributed by atoms with Gasteiger partial charge in [-0.25, -0.2) is 13.1 Å². The summed E-state index contributed by atoms with van der Waals surface area (Å²) in [6.07, 6.45) is 0.853. The van der Waals surface area contributed by atoms with Crippen molar-refractivity contribution in [3.05, 3.63) is 35.4 Å². The lowest BCUT2D eigenvalue weighted by Gasteiger charge is -2.10. The van der Waals surface area contributed by atoms with Crippen LogP contribution in [-0.4, -0.2) is 13.7 Å². The van der Waals surface area contributed by atoms with E-state index in [2.05, 4.69) is 4.72 Å². The van der Waals surface area contributed by atoms with Crippen molar-refractivity contribution in [2.24, 2.45) is 0 Å². The van der Waals surface area contributed by atoms with E-state index in [-0.39, 0.29) is 6.54 Å². The molecule has 1 unspecified atom stereocenters. The zero-order chi connectivity index (χ0) is 12.9. The number of hydrogen-bond acceptors (Lipinski definition) is 3. The van der Waals surface area contributed by atoms with Gasteiger partial charge in [0.2, 0.25) is 10.0 Å². The Morgan fingerprint density at radius 3 is 2.47 bits per heavy atom. The molecule has 0 aromatic heterocycles. The molecule has 0 aliphatic rings. The van der Waals surface area contributed by atoms with Crippen LogP contribution >= 0.6 is 0 Å². The minimum atomic E-state index is -3.54. The Morgan fingerprint density at radius 1 is 1.35 bits per heavy atom. The van der Waals surface area contributed by atoms with Gasteiger partial charge in [-0.3, -0.25) is 0 Å². The van der Waals surface area contributed by atoms with Gasteiger partial charge < -0.3 is 0 Å². The third kappa shape index (κ3) is 3.55. The molecule has 1 N–H and O–H groups in total. The van der Waals surface area contributed by atoms with E-state index < -0.39 is 15.3 Å². The molecule has 1 aromatic rings. The van der Waals surface area contributed by atoms with E-state index in [1.165, 1.54) is 6.92 Å². The summed E-state index contributed by atoms with van der Waals surface area (Å²) in [6, 6.07) is 9.37. The van der Waals surface area contributed by atoms with Gasteiger partial charge in [-0.05, 0) is 24.5 Å². The highest BCUT2D eigenvalue weighted by molar-refractivity contribution is 7.90. The van der Waals surface area contributed by atoms with Crippen LogP contribution in [0.1, 0.15) is 25.0 Å². The first-order valence-corrected chi connectivity index (χ1v) is 7.00. The first kappa shape index (κ1) is 13.7. The first-order valence-electron chi connectivity index (χ1n) is 5.46. The molecule has 0 amide bonds. The molecule has 5 heteroatoms. The van der Waals surface area contributed by atoms with Crippen molar-refractivity contribution in [2.45, 2.75) is 32.1 Å². The molecule has 92 valence electrons. The summed E-state index contributed by atoms with van der Waals surface area (Å²) in [5, 5.41) is 7.57. The van der Waals surface area contributed by atoms with Gasteiger partial charge in [0.25, 0.3) is 0 Å². The monoisotopic (exact) mass is 252 g/mol. The molecule has 17 heavy (non-hydrogen) atoms. The largest absolute Gasteiger partial charge is 0.227 e. The molecule has 0 saturated carbocycles. The summed E-state index contributed by atoms with van der Waals surface area (Å²) in [5.41, 5.74) is 2.06. The highest BCUT2D eigenvalue weighted by Crippen LogP contribution is 2.10. The van der Waals surface area contributed by atoms with Crippen LogP contribution in [-0.2, 0) is 23.0 Å². The lowest BCUT2D eigenvalue weighted by molar-refractivity contribution is 0.576. The number of nitrogens with zero attached hydrogens (tertiary/aromatic N) is 1. The number of sulfonamides is 1. The Kier molecular flexibility index (Phi) is 4.67. The number of rotatable bonds is 5. The van der Waals surface area contributed by atoms with Crippen molar-refractivity contribution < 1.29 is 8.42 Å². The van der Waals surface area contributed by atoms with Crippen LogP contribution in [0.2, 0.25) is 0 Å². The fourth-order valence-electron chi connectivity index (χ4n) is 1.45. The van der Waals surface area contributed by atoms with Crippen molar-refractivity contribution >= 4 is 10.0 Å². The molecule has 4 nitrogen and oxygen atoms in total. The zero-order valence-electron chi connectivity index (χ0n) is 9.97. The standard InChI is InChI=1S/C12H16N2O2S/c1-3-11-6-4-5-7-12(11)9-14-17(15,16)10(2)8-13/h4-7,10,14H,3,9H2,1-2H3. The first-order chi connectivity index (χ1) is 8.01. The second-order valence-electron chi connectivity index (χ2n) is 3.76. The molecular weight excluding hydrogens is 236 g/mol. The second kappa shape index (κ2) is 5.80. The topological polar surface area (TPSA) is 70.0 Å². The minimum absolute atomic E-state index is 0.234. The van der Waals surface area contributed by atoms with E-state index in [0.717, 1.165) is 17.5 Å². The minimum Gasteiger partial charge on any atom is -0.211 e. The van der Waals surface area contributed by atoms with E-state index in [1.807, 2.05) is 31.2 Å². The average molecular weight is 252 g/mol. The quantitative estimate of drug-likeness (QED) is 0.865. The normalized spacial score (nSPS) is 13.0. The maximum absolute atomic E-state index is 11.6. The molecule has 0 fully saturated rings. The Bertz CT molecular complexity index is 518. The average Bonchev–Trinajstić information content (AvgIpc) is 2.35. The summed E-state index contributed by atoms with van der Waals surface area (Å²) in [6.45, 7) is 3.62. The Hall–Kier alpha value is -1.38. The van der Waals surface area contributed by atoms with Crippen molar-refractivity contribution in [2.75, 3.05) is 0 Å². The molecule has 0 heterocycles. The molecule has 0 aliphatic carbocycles. The molecule has 0 saturated heterocycles. The van der Waals surface area contributed by atoms with Crippen LogP contribution in [0.3, 0.4) is 0 Å². The van der Waals surface area contributed by atoms with Gasteiger partial charge in [0.1, 0.15) is 0 Å². The lowest BCUT2D eigenvalue weighted by atomic mass is 10.1. The summed E-state index contributed by atoms with van der Waals surface area (Å²) < 4.78 is 25.7. The SMILES string of the molecule is CCc1ccccc1CNS(=O)(=O)C(C)C#N. The second-order valence-corrected chi connectivity index (χ2v) is 5.85. The fraction of sp³-hybridized carbons (Fsp3) is 0.417. The van der Waals surface area contributed by atoms with Crippen LogP contribution in [0, 0.1) is 11.3 Å². The van der Waals surface area contributed by atoms with Crippen LogP contribution < -0.4 is 4.72 Å².